The lowest BCUT2D eigenvalue weighted by Crippen LogP contribution is -2.36. The molecule has 6 heteroatoms. The van der Waals surface area contributed by atoms with Crippen LogP contribution < -0.4 is 5.32 Å². The quantitative estimate of drug-likeness (QED) is 0.641. The monoisotopic (exact) mass is 254 g/mol. The van der Waals surface area contributed by atoms with Crippen LogP contribution in [0.4, 0.5) is 15.8 Å². The fourth-order valence-electron chi connectivity index (χ4n) is 2.21. The number of hydrogen-bond acceptors (Lipinski definition) is 4. The summed E-state index contributed by atoms with van der Waals surface area (Å²) in [5, 5.41) is 23.2. The Labute approximate surface area is 104 Å². The molecule has 1 aliphatic rings. The molecule has 0 bridgehead atoms. The highest BCUT2D eigenvalue weighted by Gasteiger charge is 2.24. The number of aliphatic hydroxyl groups excluding tert-OH is 1. The van der Waals surface area contributed by atoms with Crippen LogP contribution in [0.1, 0.15) is 25.7 Å². The molecular formula is C12H15FN2O3. The molecule has 18 heavy (non-hydrogen) atoms. The third kappa shape index (κ3) is 2.76. The van der Waals surface area contributed by atoms with E-state index in [-0.39, 0.29) is 17.4 Å². The van der Waals surface area contributed by atoms with Gasteiger partial charge in [-0.2, -0.15) is 0 Å². The molecule has 2 atom stereocenters. The van der Waals surface area contributed by atoms with E-state index in [2.05, 4.69) is 5.32 Å². The normalized spacial score (nSPS) is 23.7. The molecule has 0 aromatic heterocycles. The van der Waals surface area contributed by atoms with E-state index in [0.717, 1.165) is 25.3 Å². The fourth-order valence-corrected chi connectivity index (χ4v) is 2.21. The van der Waals surface area contributed by atoms with Crippen LogP contribution in [0.15, 0.2) is 18.2 Å². The van der Waals surface area contributed by atoms with Crippen LogP contribution in [-0.2, 0) is 0 Å². The fraction of sp³-hybridized carbons (Fsp3) is 0.500. The second-order valence-corrected chi connectivity index (χ2v) is 4.52. The molecule has 2 N–H and O–H groups in total. The highest BCUT2D eigenvalue weighted by atomic mass is 19.1. The van der Waals surface area contributed by atoms with Crippen molar-refractivity contribution >= 4 is 11.4 Å². The molecule has 1 saturated carbocycles. The Kier molecular flexibility index (Phi) is 3.76. The first-order chi connectivity index (χ1) is 8.58. The van der Waals surface area contributed by atoms with Crippen molar-refractivity contribution in [3.05, 3.63) is 34.1 Å². The van der Waals surface area contributed by atoms with Crippen LogP contribution in [0.3, 0.4) is 0 Å². The van der Waals surface area contributed by atoms with E-state index < -0.39 is 16.8 Å². The summed E-state index contributed by atoms with van der Waals surface area (Å²) in [4.78, 5) is 9.85. The summed E-state index contributed by atoms with van der Waals surface area (Å²) in [6.45, 7) is 0. The highest BCUT2D eigenvalue weighted by Crippen LogP contribution is 2.25. The van der Waals surface area contributed by atoms with Crippen molar-refractivity contribution in [2.45, 2.75) is 37.8 Å². The minimum Gasteiger partial charge on any atom is -0.391 e. The standard InChI is InChI=1S/C12H15FN2O3/c13-9-7-8(15(17)18)5-6-10(9)14-11-3-1-2-4-12(11)16/h5-7,11-12,14,16H,1-4H2. The molecule has 2 unspecified atom stereocenters. The van der Waals surface area contributed by atoms with Crippen LogP contribution in [0.5, 0.6) is 0 Å². The summed E-state index contributed by atoms with van der Waals surface area (Å²) in [6, 6.07) is 3.29. The molecule has 0 aliphatic heterocycles. The summed E-state index contributed by atoms with van der Waals surface area (Å²) in [6.07, 6.45) is 2.95. The van der Waals surface area contributed by atoms with Gasteiger partial charge in [-0.1, -0.05) is 12.8 Å². The first-order valence-corrected chi connectivity index (χ1v) is 5.96. The number of hydrogen-bond donors (Lipinski definition) is 2. The topological polar surface area (TPSA) is 75.4 Å². The van der Waals surface area contributed by atoms with Gasteiger partial charge in [0.25, 0.3) is 5.69 Å². The van der Waals surface area contributed by atoms with Crippen molar-refractivity contribution in [3.63, 3.8) is 0 Å². The number of halogens is 1. The maximum Gasteiger partial charge on any atom is 0.272 e. The van der Waals surface area contributed by atoms with Gasteiger partial charge >= 0.3 is 0 Å². The smallest absolute Gasteiger partial charge is 0.272 e. The van der Waals surface area contributed by atoms with Crippen LogP contribution in [-0.4, -0.2) is 22.2 Å². The molecule has 0 spiro atoms. The molecule has 2 rings (SSSR count). The second-order valence-electron chi connectivity index (χ2n) is 4.52. The van der Waals surface area contributed by atoms with Gasteiger partial charge in [0.15, 0.2) is 5.82 Å². The molecule has 5 nitrogen and oxygen atoms in total. The lowest BCUT2D eigenvalue weighted by Gasteiger charge is -2.29. The van der Waals surface area contributed by atoms with Gasteiger partial charge in [0.1, 0.15) is 0 Å². The van der Waals surface area contributed by atoms with Crippen molar-refractivity contribution in [1.82, 2.24) is 0 Å². The largest absolute Gasteiger partial charge is 0.391 e. The molecule has 0 radical (unpaired) electrons. The molecule has 0 saturated heterocycles. The lowest BCUT2D eigenvalue weighted by molar-refractivity contribution is -0.385. The maximum atomic E-state index is 13.6. The summed E-state index contributed by atoms with van der Waals surface area (Å²) >= 11 is 0. The van der Waals surface area contributed by atoms with Gasteiger partial charge in [-0.05, 0) is 18.9 Å². The van der Waals surface area contributed by atoms with E-state index in [1.165, 1.54) is 12.1 Å². The van der Waals surface area contributed by atoms with E-state index in [1.54, 1.807) is 0 Å². The molecule has 1 aromatic rings. The zero-order valence-electron chi connectivity index (χ0n) is 9.80. The van der Waals surface area contributed by atoms with Crippen molar-refractivity contribution in [1.29, 1.82) is 0 Å². The number of nitrogens with zero attached hydrogens (tertiary/aromatic N) is 1. The Morgan fingerprint density at radius 3 is 2.72 bits per heavy atom. The summed E-state index contributed by atoms with van der Waals surface area (Å²) in [5.41, 5.74) is -0.0752. The lowest BCUT2D eigenvalue weighted by atomic mass is 9.92. The minimum absolute atomic E-state index is 0.185. The molecule has 0 amide bonds. The number of rotatable bonds is 3. The second kappa shape index (κ2) is 5.30. The number of non-ortho nitro benzene ring substituents is 1. The number of aliphatic hydroxyl groups is 1. The molecule has 1 aromatic carbocycles. The van der Waals surface area contributed by atoms with E-state index >= 15 is 0 Å². The van der Waals surface area contributed by atoms with E-state index in [1.807, 2.05) is 0 Å². The van der Waals surface area contributed by atoms with Crippen molar-refractivity contribution in [2.24, 2.45) is 0 Å². The van der Waals surface area contributed by atoms with E-state index in [9.17, 15) is 19.6 Å². The third-order valence-corrected chi connectivity index (χ3v) is 3.23. The Bertz CT molecular complexity index is 453. The van der Waals surface area contributed by atoms with Gasteiger partial charge in [-0.15, -0.1) is 0 Å². The van der Waals surface area contributed by atoms with Gasteiger partial charge in [0.2, 0.25) is 0 Å². The predicted octanol–water partition coefficient (Wildman–Crippen LogP) is 2.45. The van der Waals surface area contributed by atoms with Crippen LogP contribution in [0.25, 0.3) is 0 Å². The van der Waals surface area contributed by atoms with Crippen LogP contribution in [0, 0.1) is 15.9 Å². The molecule has 1 aliphatic carbocycles. The highest BCUT2D eigenvalue weighted by molar-refractivity contribution is 5.50. The summed E-state index contributed by atoms with van der Waals surface area (Å²) in [5.74, 6) is -0.665. The van der Waals surface area contributed by atoms with E-state index in [0.29, 0.717) is 6.42 Å². The average molecular weight is 254 g/mol. The first kappa shape index (κ1) is 12.8. The number of nitro groups is 1. The molecular weight excluding hydrogens is 239 g/mol. The summed E-state index contributed by atoms with van der Waals surface area (Å²) in [7, 11) is 0. The molecule has 98 valence electrons. The Morgan fingerprint density at radius 2 is 2.11 bits per heavy atom. The number of anilines is 1. The van der Waals surface area contributed by atoms with Gasteiger partial charge in [0.05, 0.1) is 28.8 Å². The summed E-state index contributed by atoms with van der Waals surface area (Å²) < 4.78 is 13.6. The number of nitrogens with one attached hydrogen (secondary N) is 1. The SMILES string of the molecule is O=[N+]([O-])c1ccc(NC2CCCCC2O)c(F)c1. The Hall–Kier alpha value is -1.69. The van der Waals surface area contributed by atoms with Crippen LogP contribution in [0.2, 0.25) is 0 Å². The van der Waals surface area contributed by atoms with Crippen LogP contribution >= 0.6 is 0 Å². The van der Waals surface area contributed by atoms with E-state index in [4.69, 9.17) is 0 Å². The minimum atomic E-state index is -0.665. The maximum absolute atomic E-state index is 13.6. The Morgan fingerprint density at radius 1 is 1.39 bits per heavy atom. The molecule has 1 fully saturated rings. The van der Waals surface area contributed by atoms with Gasteiger partial charge in [0, 0.05) is 6.07 Å². The van der Waals surface area contributed by atoms with Gasteiger partial charge in [-0.25, -0.2) is 4.39 Å². The number of nitro benzene ring substituents is 1. The van der Waals surface area contributed by atoms with Crippen molar-refractivity contribution in [2.75, 3.05) is 5.32 Å². The average Bonchev–Trinajstić information content (AvgIpc) is 2.34. The van der Waals surface area contributed by atoms with Gasteiger partial charge < -0.3 is 10.4 Å². The zero-order valence-corrected chi connectivity index (χ0v) is 9.80. The Balaban J connectivity index is 2.11. The van der Waals surface area contributed by atoms with Crippen molar-refractivity contribution < 1.29 is 14.4 Å². The number of benzene rings is 1. The van der Waals surface area contributed by atoms with Crippen molar-refractivity contribution in [3.8, 4) is 0 Å². The molecule has 0 heterocycles. The first-order valence-electron chi connectivity index (χ1n) is 5.96. The zero-order chi connectivity index (χ0) is 13.1. The van der Waals surface area contributed by atoms with Gasteiger partial charge in [-0.3, -0.25) is 10.1 Å². The predicted molar refractivity (Wildman–Crippen MR) is 64.9 cm³/mol. The third-order valence-electron chi connectivity index (χ3n) is 3.23.